The van der Waals surface area contributed by atoms with Crippen molar-refractivity contribution in [3.8, 4) is 0 Å². The number of carbonyl (C=O) groups is 3. The highest BCUT2D eigenvalue weighted by atomic mass is 16.5. The molecule has 2 N–H and O–H groups in total. The first-order valence-electron chi connectivity index (χ1n) is 12.3. The highest BCUT2D eigenvalue weighted by molar-refractivity contribution is 5.90. The molecule has 34 heavy (non-hydrogen) atoms. The van der Waals surface area contributed by atoms with Crippen molar-refractivity contribution in [2.75, 3.05) is 26.2 Å². The lowest BCUT2D eigenvalue weighted by atomic mass is 9.94. The lowest BCUT2D eigenvalue weighted by molar-refractivity contribution is -0.135. The second-order valence-corrected chi connectivity index (χ2v) is 9.16. The second kappa shape index (κ2) is 11.9. The molecule has 1 aliphatic heterocycles. The average molecular weight is 468 g/mol. The average Bonchev–Trinajstić information content (AvgIpc) is 3.14. The standard InChI is InChI=1S/C27H37N3O4/c1-5-34-27(33)25-19(3)23(20(4)29-25)11-12-24(31)30-15-13-22(14-16-30)26(32)28-17-18(2)21-9-7-6-8-10-21/h6-10,18,22,29H,5,11-17H2,1-4H3,(H,28,32)/t18-/m1/s1. The van der Waals surface area contributed by atoms with Crippen molar-refractivity contribution in [2.24, 2.45) is 5.92 Å². The van der Waals surface area contributed by atoms with Gasteiger partial charge in [-0.1, -0.05) is 37.3 Å². The normalized spacial score (nSPS) is 15.1. The van der Waals surface area contributed by atoms with E-state index >= 15 is 0 Å². The maximum atomic E-state index is 12.8. The smallest absolute Gasteiger partial charge is 0.355 e. The summed E-state index contributed by atoms with van der Waals surface area (Å²) in [5.41, 5.74) is 4.43. The fourth-order valence-electron chi connectivity index (χ4n) is 4.65. The minimum atomic E-state index is -0.362. The Morgan fingerprint density at radius 2 is 1.82 bits per heavy atom. The summed E-state index contributed by atoms with van der Waals surface area (Å²) in [5.74, 6) is 0.0261. The molecule has 7 nitrogen and oxygen atoms in total. The number of benzene rings is 1. The summed E-state index contributed by atoms with van der Waals surface area (Å²) >= 11 is 0. The van der Waals surface area contributed by atoms with E-state index in [1.54, 1.807) is 6.92 Å². The molecule has 1 aromatic carbocycles. The predicted octanol–water partition coefficient (Wildman–Crippen LogP) is 3.90. The summed E-state index contributed by atoms with van der Waals surface area (Å²) in [5, 5.41) is 3.09. The van der Waals surface area contributed by atoms with Gasteiger partial charge in [-0.05, 0) is 62.6 Å². The van der Waals surface area contributed by atoms with E-state index in [4.69, 9.17) is 4.74 Å². The van der Waals surface area contributed by atoms with E-state index in [9.17, 15) is 14.4 Å². The monoisotopic (exact) mass is 467 g/mol. The molecule has 0 spiro atoms. The van der Waals surface area contributed by atoms with Crippen molar-refractivity contribution < 1.29 is 19.1 Å². The number of carbonyl (C=O) groups excluding carboxylic acids is 3. The number of likely N-dealkylation sites (tertiary alicyclic amines) is 1. The van der Waals surface area contributed by atoms with Crippen molar-refractivity contribution in [1.29, 1.82) is 0 Å². The zero-order valence-corrected chi connectivity index (χ0v) is 20.8. The summed E-state index contributed by atoms with van der Waals surface area (Å²) in [6.45, 7) is 9.84. The number of aryl methyl sites for hydroxylation is 1. The highest BCUT2D eigenvalue weighted by Crippen LogP contribution is 2.23. The largest absolute Gasteiger partial charge is 0.461 e. The van der Waals surface area contributed by atoms with Gasteiger partial charge in [-0.15, -0.1) is 0 Å². The number of H-pyrrole nitrogens is 1. The quantitative estimate of drug-likeness (QED) is 0.547. The van der Waals surface area contributed by atoms with Gasteiger partial charge in [-0.3, -0.25) is 9.59 Å². The van der Waals surface area contributed by atoms with Crippen LogP contribution in [0.2, 0.25) is 0 Å². The molecule has 1 atom stereocenters. The molecule has 2 amide bonds. The number of nitrogens with one attached hydrogen (secondary N) is 2. The highest BCUT2D eigenvalue weighted by Gasteiger charge is 2.28. The number of hydrogen-bond donors (Lipinski definition) is 2. The Bertz CT molecular complexity index is 991. The second-order valence-electron chi connectivity index (χ2n) is 9.16. The van der Waals surface area contributed by atoms with Crippen LogP contribution in [0.4, 0.5) is 0 Å². The lowest BCUT2D eigenvalue weighted by Gasteiger charge is -2.31. The number of rotatable bonds is 9. The minimum Gasteiger partial charge on any atom is -0.461 e. The van der Waals surface area contributed by atoms with E-state index in [2.05, 4.69) is 29.4 Å². The van der Waals surface area contributed by atoms with Gasteiger partial charge in [0.25, 0.3) is 0 Å². The maximum absolute atomic E-state index is 12.8. The molecular weight excluding hydrogens is 430 g/mol. The zero-order valence-electron chi connectivity index (χ0n) is 20.8. The molecule has 0 saturated carbocycles. The van der Waals surface area contributed by atoms with Crippen LogP contribution in [0.15, 0.2) is 30.3 Å². The molecule has 1 aromatic heterocycles. The van der Waals surface area contributed by atoms with Crippen molar-refractivity contribution >= 4 is 17.8 Å². The Labute approximate surface area is 202 Å². The van der Waals surface area contributed by atoms with Gasteiger partial charge in [-0.25, -0.2) is 4.79 Å². The molecule has 0 bridgehead atoms. The minimum absolute atomic E-state index is 0.0478. The Balaban J connectivity index is 1.44. The van der Waals surface area contributed by atoms with Crippen LogP contribution < -0.4 is 5.32 Å². The number of ether oxygens (including phenoxy) is 1. The van der Waals surface area contributed by atoms with Gasteiger partial charge in [0, 0.05) is 37.7 Å². The molecule has 1 saturated heterocycles. The maximum Gasteiger partial charge on any atom is 0.355 e. The van der Waals surface area contributed by atoms with Crippen LogP contribution in [0.3, 0.4) is 0 Å². The number of nitrogens with zero attached hydrogens (tertiary/aromatic N) is 1. The van der Waals surface area contributed by atoms with Gasteiger partial charge >= 0.3 is 5.97 Å². The molecule has 0 radical (unpaired) electrons. The van der Waals surface area contributed by atoms with E-state index in [0.29, 0.717) is 57.6 Å². The van der Waals surface area contributed by atoms with E-state index < -0.39 is 0 Å². The summed E-state index contributed by atoms with van der Waals surface area (Å²) < 4.78 is 5.10. The van der Waals surface area contributed by atoms with Gasteiger partial charge in [0.2, 0.25) is 11.8 Å². The van der Waals surface area contributed by atoms with E-state index in [1.165, 1.54) is 5.56 Å². The predicted molar refractivity (Wildman–Crippen MR) is 132 cm³/mol. The van der Waals surface area contributed by atoms with Gasteiger partial charge in [0.05, 0.1) is 6.61 Å². The Morgan fingerprint density at radius 3 is 2.47 bits per heavy atom. The zero-order chi connectivity index (χ0) is 24.7. The lowest BCUT2D eigenvalue weighted by Crippen LogP contribution is -2.43. The fourth-order valence-corrected chi connectivity index (χ4v) is 4.65. The third kappa shape index (κ3) is 6.27. The number of aromatic nitrogens is 1. The van der Waals surface area contributed by atoms with Crippen molar-refractivity contribution in [3.63, 3.8) is 0 Å². The van der Waals surface area contributed by atoms with Crippen LogP contribution in [0, 0.1) is 19.8 Å². The third-order valence-electron chi connectivity index (χ3n) is 6.83. The molecule has 2 heterocycles. The van der Waals surface area contributed by atoms with Gasteiger partial charge in [-0.2, -0.15) is 0 Å². The third-order valence-corrected chi connectivity index (χ3v) is 6.83. The molecule has 184 valence electrons. The molecule has 7 heteroatoms. The van der Waals surface area contributed by atoms with Crippen LogP contribution in [-0.4, -0.2) is 53.9 Å². The van der Waals surface area contributed by atoms with E-state index in [1.807, 2.05) is 36.9 Å². The van der Waals surface area contributed by atoms with Crippen LogP contribution in [-0.2, 0) is 20.7 Å². The van der Waals surface area contributed by atoms with Crippen LogP contribution in [0.25, 0.3) is 0 Å². The first kappa shape index (κ1) is 25.5. The molecule has 1 aliphatic rings. The Hall–Kier alpha value is -3.09. The first-order chi connectivity index (χ1) is 16.3. The Kier molecular flexibility index (Phi) is 8.91. The summed E-state index contributed by atoms with van der Waals surface area (Å²) in [4.78, 5) is 42.5. The molecule has 3 rings (SSSR count). The number of amides is 2. The molecule has 2 aromatic rings. The molecule has 0 unspecified atom stereocenters. The summed E-state index contributed by atoms with van der Waals surface area (Å²) in [6, 6.07) is 10.2. The molecular formula is C27H37N3O4. The summed E-state index contributed by atoms with van der Waals surface area (Å²) in [6.07, 6.45) is 2.33. The van der Waals surface area contributed by atoms with Gasteiger partial charge < -0.3 is 19.9 Å². The molecule has 1 fully saturated rings. The van der Waals surface area contributed by atoms with Crippen LogP contribution >= 0.6 is 0 Å². The van der Waals surface area contributed by atoms with E-state index in [0.717, 1.165) is 16.8 Å². The first-order valence-corrected chi connectivity index (χ1v) is 12.3. The van der Waals surface area contributed by atoms with Crippen LogP contribution in [0.1, 0.15) is 71.9 Å². The number of piperidine rings is 1. The number of hydrogen-bond acceptors (Lipinski definition) is 4. The summed E-state index contributed by atoms with van der Waals surface area (Å²) in [7, 11) is 0. The SMILES string of the molecule is CCOC(=O)c1[nH]c(C)c(CCC(=O)N2CCC(C(=O)NC[C@@H](C)c3ccccc3)CC2)c1C. The van der Waals surface area contributed by atoms with Gasteiger partial charge in [0.1, 0.15) is 5.69 Å². The number of aromatic amines is 1. The fraction of sp³-hybridized carbons (Fsp3) is 0.519. The topological polar surface area (TPSA) is 91.5 Å². The van der Waals surface area contributed by atoms with Crippen LogP contribution in [0.5, 0.6) is 0 Å². The Morgan fingerprint density at radius 1 is 1.15 bits per heavy atom. The van der Waals surface area contributed by atoms with Crippen molar-refractivity contribution in [3.05, 3.63) is 58.4 Å². The van der Waals surface area contributed by atoms with Crippen molar-refractivity contribution in [2.45, 2.75) is 59.3 Å². The van der Waals surface area contributed by atoms with Crippen molar-refractivity contribution in [1.82, 2.24) is 15.2 Å². The number of esters is 1. The van der Waals surface area contributed by atoms with E-state index in [-0.39, 0.29) is 29.6 Å². The molecule has 0 aliphatic carbocycles. The van der Waals surface area contributed by atoms with Gasteiger partial charge in [0.15, 0.2) is 0 Å².